The fourth-order valence-electron chi connectivity index (χ4n) is 6.41. The molecule has 248 valence electrons. The van der Waals surface area contributed by atoms with Crippen molar-refractivity contribution < 1.29 is 81.6 Å². The van der Waals surface area contributed by atoms with Crippen molar-refractivity contribution in [1.29, 1.82) is 0 Å². The number of carbonyl (C=O) groups excluding carboxylic acids is 1. The summed E-state index contributed by atoms with van der Waals surface area (Å²) in [6.07, 6.45) is -6.42. The maximum Gasteiger partial charge on any atom is 0.525 e. The predicted molar refractivity (Wildman–Crippen MR) is 146 cm³/mol. The van der Waals surface area contributed by atoms with Gasteiger partial charge in [0.25, 0.3) is 6.48 Å². The SMILES string of the molecule is COc1cc([C@@H]2c3cc4c(cc3[C@@H](O[C@H]3O[C@@H]5CO[C@H](O)O[C@H]5[C@H](O)[C@H]3O)C3=COC(=O)[C@@H]32)OCO4)cc(OC)c1OP(=O)(O)O. The van der Waals surface area contributed by atoms with Crippen molar-refractivity contribution in [3.05, 3.63) is 52.8 Å². The Morgan fingerprint density at radius 3 is 2.22 bits per heavy atom. The number of methoxy groups -OCH3 is 2. The van der Waals surface area contributed by atoms with Crippen LogP contribution in [0.3, 0.4) is 0 Å². The minimum atomic E-state index is -5.02. The Bertz CT molecular complexity index is 1590. The Balaban J connectivity index is 1.33. The number of phosphoric acid groups is 1. The van der Waals surface area contributed by atoms with Crippen molar-refractivity contribution in [2.75, 3.05) is 27.6 Å². The average molecular weight is 668 g/mol. The van der Waals surface area contributed by atoms with Crippen molar-refractivity contribution in [1.82, 2.24) is 0 Å². The van der Waals surface area contributed by atoms with Gasteiger partial charge in [0.05, 0.1) is 33.0 Å². The van der Waals surface area contributed by atoms with Gasteiger partial charge >= 0.3 is 13.8 Å². The zero-order valence-corrected chi connectivity index (χ0v) is 25.0. The fraction of sp³-hybridized carbons (Fsp3) is 0.464. The van der Waals surface area contributed by atoms with Gasteiger partial charge in [0.2, 0.25) is 12.5 Å². The van der Waals surface area contributed by atoms with E-state index >= 15 is 0 Å². The van der Waals surface area contributed by atoms with E-state index in [4.69, 9.17) is 47.2 Å². The summed E-state index contributed by atoms with van der Waals surface area (Å²) in [5, 5.41) is 31.5. The number of hydrogen-bond donors (Lipinski definition) is 5. The molecule has 0 unspecified atom stereocenters. The van der Waals surface area contributed by atoms with Gasteiger partial charge in [0.15, 0.2) is 29.3 Å². The first-order valence-electron chi connectivity index (χ1n) is 13.9. The van der Waals surface area contributed by atoms with Gasteiger partial charge in [-0.2, -0.15) is 0 Å². The number of cyclic esters (lactones) is 1. The highest BCUT2D eigenvalue weighted by Gasteiger charge is 2.53. The summed E-state index contributed by atoms with van der Waals surface area (Å²) in [7, 11) is -2.48. The van der Waals surface area contributed by atoms with Crippen LogP contribution in [0.2, 0.25) is 0 Å². The maximum atomic E-state index is 13.4. The second kappa shape index (κ2) is 11.6. The van der Waals surface area contributed by atoms with Crippen LogP contribution in [0.25, 0.3) is 0 Å². The van der Waals surface area contributed by atoms with Crippen LogP contribution in [0.4, 0.5) is 0 Å². The number of rotatable bonds is 7. The summed E-state index contributed by atoms with van der Waals surface area (Å²) >= 11 is 0. The van der Waals surface area contributed by atoms with Crippen molar-refractivity contribution in [3.8, 4) is 28.7 Å². The minimum Gasteiger partial charge on any atom is -0.493 e. The summed E-state index contributed by atoms with van der Waals surface area (Å²) in [6.45, 7) is -1.82. The lowest BCUT2D eigenvalue weighted by molar-refractivity contribution is -0.398. The molecule has 17 nitrogen and oxygen atoms in total. The van der Waals surface area contributed by atoms with Crippen LogP contribution < -0.4 is 23.5 Å². The quantitative estimate of drug-likeness (QED) is 0.197. The van der Waals surface area contributed by atoms with Gasteiger partial charge < -0.3 is 62.5 Å². The van der Waals surface area contributed by atoms with Crippen molar-refractivity contribution in [3.63, 3.8) is 0 Å². The normalized spacial score (nSPS) is 32.9. The smallest absolute Gasteiger partial charge is 0.493 e. The van der Waals surface area contributed by atoms with E-state index in [-0.39, 0.29) is 30.6 Å². The van der Waals surface area contributed by atoms with E-state index in [1.165, 1.54) is 32.6 Å². The molecule has 2 aromatic rings. The fourth-order valence-corrected chi connectivity index (χ4v) is 6.83. The Kier molecular flexibility index (Phi) is 7.88. The van der Waals surface area contributed by atoms with Crippen LogP contribution in [0.1, 0.15) is 28.7 Å². The van der Waals surface area contributed by atoms with E-state index in [9.17, 15) is 34.5 Å². The Morgan fingerprint density at radius 1 is 0.891 bits per heavy atom. The molecule has 0 aromatic heterocycles. The molecule has 0 saturated carbocycles. The third kappa shape index (κ3) is 5.28. The molecule has 0 radical (unpaired) electrons. The van der Waals surface area contributed by atoms with Gasteiger partial charge in [-0.1, -0.05) is 0 Å². The summed E-state index contributed by atoms with van der Waals surface area (Å²) in [4.78, 5) is 32.4. The van der Waals surface area contributed by atoms with E-state index in [1.54, 1.807) is 12.1 Å². The summed E-state index contributed by atoms with van der Waals surface area (Å²) in [6, 6.07) is 6.25. The molecule has 0 spiro atoms. The van der Waals surface area contributed by atoms with Crippen LogP contribution in [0, 0.1) is 5.92 Å². The molecule has 5 N–H and O–H groups in total. The number of benzene rings is 2. The van der Waals surface area contributed by atoms with Crippen LogP contribution in [0.15, 0.2) is 36.1 Å². The number of fused-ring (bicyclic) bond motifs is 4. The molecular weight excluding hydrogens is 639 g/mol. The molecule has 18 heteroatoms. The predicted octanol–water partition coefficient (Wildman–Crippen LogP) is 0.302. The van der Waals surface area contributed by atoms with E-state index in [0.29, 0.717) is 33.8 Å². The van der Waals surface area contributed by atoms with Crippen molar-refractivity contribution in [2.45, 2.75) is 49.2 Å². The number of ether oxygens (including phenoxy) is 9. The second-order valence-corrected chi connectivity index (χ2v) is 12.1. The molecule has 5 aliphatic rings. The molecule has 9 atom stereocenters. The third-order valence-electron chi connectivity index (χ3n) is 8.40. The van der Waals surface area contributed by atoms with E-state index in [0.717, 1.165) is 0 Å². The summed E-state index contributed by atoms with van der Waals surface area (Å²) in [5.74, 6) is -2.23. The van der Waals surface area contributed by atoms with Crippen LogP contribution >= 0.6 is 7.82 Å². The van der Waals surface area contributed by atoms with Crippen LogP contribution in [-0.4, -0.2) is 95.9 Å². The average Bonchev–Trinajstić information content (AvgIpc) is 3.64. The third-order valence-corrected chi connectivity index (χ3v) is 8.82. The molecule has 1 aliphatic carbocycles. The van der Waals surface area contributed by atoms with Gasteiger partial charge in [-0.15, -0.1) is 0 Å². The Hall–Kier alpha value is -3.48. The van der Waals surface area contributed by atoms with E-state index in [2.05, 4.69) is 0 Å². The summed E-state index contributed by atoms with van der Waals surface area (Å²) in [5.41, 5.74) is 1.75. The second-order valence-electron chi connectivity index (χ2n) is 11.0. The van der Waals surface area contributed by atoms with Crippen molar-refractivity contribution >= 4 is 13.8 Å². The Morgan fingerprint density at radius 2 is 1.57 bits per heavy atom. The maximum absolute atomic E-state index is 13.4. The standard InChI is InChI=1S/C28H29O17P/c1-36-16-3-10(4-17(37-2)24(16)45-46(33,34)35)19-11-5-14-15(41-9-40-14)6-12(11)23(13-7-38-26(31)20(13)19)43-27-22(30)21(29)25-18(42-27)8-39-28(32)44-25/h3-7,18-23,25,27-30,32H,8-9H2,1-2H3,(H2,33,34,35)/t18-,19-,20+,21-,22-,23-,25-,27-,28+/m1/s1. The molecule has 46 heavy (non-hydrogen) atoms. The highest BCUT2D eigenvalue weighted by Crippen LogP contribution is 2.57. The number of phosphoric ester groups is 1. The zero-order chi connectivity index (χ0) is 32.5. The van der Waals surface area contributed by atoms with E-state index in [1.807, 2.05) is 0 Å². The topological polar surface area (TPSA) is 228 Å². The van der Waals surface area contributed by atoms with E-state index < -0.39 is 68.9 Å². The summed E-state index contributed by atoms with van der Waals surface area (Å²) < 4.78 is 66.6. The first-order chi connectivity index (χ1) is 22.0. The van der Waals surface area contributed by atoms with Gasteiger partial charge in [-0.05, 0) is 41.0 Å². The number of aliphatic hydroxyl groups is 3. The van der Waals surface area contributed by atoms with Gasteiger partial charge in [-0.25, -0.2) is 4.57 Å². The highest BCUT2D eigenvalue weighted by molar-refractivity contribution is 7.46. The zero-order valence-electron chi connectivity index (χ0n) is 24.1. The largest absolute Gasteiger partial charge is 0.525 e. The van der Waals surface area contributed by atoms with Gasteiger partial charge in [0.1, 0.15) is 30.5 Å². The molecule has 2 aromatic carbocycles. The molecule has 0 bridgehead atoms. The molecule has 2 saturated heterocycles. The lowest BCUT2D eigenvalue weighted by atomic mass is 9.68. The van der Waals surface area contributed by atoms with Gasteiger partial charge in [0, 0.05) is 11.5 Å². The highest BCUT2D eigenvalue weighted by atomic mass is 31.2. The minimum absolute atomic E-state index is 0.0653. The molecule has 4 aliphatic heterocycles. The first-order valence-corrected chi connectivity index (χ1v) is 15.5. The Labute approximate surface area is 259 Å². The number of carbonyl (C=O) groups is 1. The first kappa shape index (κ1) is 31.1. The molecule has 0 amide bonds. The van der Waals surface area contributed by atoms with Crippen LogP contribution in [-0.2, 0) is 33.0 Å². The lowest BCUT2D eigenvalue weighted by Gasteiger charge is -2.46. The van der Waals surface area contributed by atoms with Gasteiger partial charge in [-0.3, -0.25) is 14.6 Å². The molecule has 2 fully saturated rings. The molecule has 7 rings (SSSR count). The number of aliphatic hydroxyl groups excluding tert-OH is 3. The number of esters is 1. The van der Waals surface area contributed by atoms with Crippen LogP contribution in [0.5, 0.6) is 28.7 Å². The monoisotopic (exact) mass is 668 g/mol. The number of hydrogen-bond acceptors (Lipinski definition) is 15. The molecular formula is C28H29O17P. The van der Waals surface area contributed by atoms with Crippen molar-refractivity contribution in [2.24, 2.45) is 5.92 Å². The lowest BCUT2D eigenvalue weighted by Crippen LogP contribution is -2.63. The molecule has 4 heterocycles.